The second-order valence-corrected chi connectivity index (χ2v) is 6.43. The average molecular weight is 372 g/mol. The van der Waals surface area contributed by atoms with Crippen molar-refractivity contribution in [1.82, 2.24) is 39.6 Å². The molecule has 5 rings (SSSR count). The topological polar surface area (TPSA) is 95.9 Å². The van der Waals surface area contributed by atoms with Gasteiger partial charge in [-0.05, 0) is 37.6 Å². The zero-order valence-corrected chi connectivity index (χ0v) is 15.5. The Morgan fingerprint density at radius 1 is 1.04 bits per heavy atom. The summed E-state index contributed by atoms with van der Waals surface area (Å²) in [6.07, 6.45) is 3.35. The van der Waals surface area contributed by atoms with Gasteiger partial charge in [-0.25, -0.2) is 14.5 Å². The molecule has 0 saturated carbocycles. The SMILES string of the molecule is COc1cccc(-c2cc(C)c(-n3ncc4c3ncn3nc(C)nc43)nn2)c1. The van der Waals surface area contributed by atoms with Crippen LogP contribution in [0.5, 0.6) is 5.75 Å². The van der Waals surface area contributed by atoms with Crippen LogP contribution < -0.4 is 4.74 Å². The zero-order chi connectivity index (χ0) is 19.3. The van der Waals surface area contributed by atoms with E-state index in [1.54, 1.807) is 28.8 Å². The Bertz CT molecular complexity index is 1340. The first-order valence-electron chi connectivity index (χ1n) is 8.69. The molecule has 0 unspecified atom stereocenters. The molecule has 5 aromatic rings. The summed E-state index contributed by atoms with van der Waals surface area (Å²) in [5.74, 6) is 2.08. The molecule has 4 aromatic heterocycles. The van der Waals surface area contributed by atoms with Crippen molar-refractivity contribution in [1.29, 1.82) is 0 Å². The first-order valence-corrected chi connectivity index (χ1v) is 8.69. The summed E-state index contributed by atoms with van der Waals surface area (Å²) in [5.41, 5.74) is 4.00. The normalized spacial score (nSPS) is 11.4. The molecule has 0 aliphatic rings. The molecule has 0 amide bonds. The molecule has 4 heterocycles. The lowest BCUT2D eigenvalue weighted by atomic mass is 10.1. The minimum atomic E-state index is 0.620. The van der Waals surface area contributed by atoms with Gasteiger partial charge < -0.3 is 4.74 Å². The Morgan fingerprint density at radius 2 is 1.93 bits per heavy atom. The Balaban J connectivity index is 1.62. The predicted molar refractivity (Wildman–Crippen MR) is 102 cm³/mol. The molecule has 0 atom stereocenters. The summed E-state index contributed by atoms with van der Waals surface area (Å²) >= 11 is 0. The van der Waals surface area contributed by atoms with Gasteiger partial charge in [0.25, 0.3) is 0 Å². The van der Waals surface area contributed by atoms with Gasteiger partial charge in [-0.3, -0.25) is 0 Å². The summed E-state index contributed by atoms with van der Waals surface area (Å²) in [6.45, 7) is 3.82. The molecule has 0 bridgehead atoms. The van der Waals surface area contributed by atoms with Crippen LogP contribution in [-0.4, -0.2) is 46.7 Å². The molecule has 0 N–H and O–H groups in total. The van der Waals surface area contributed by atoms with Gasteiger partial charge in [0.2, 0.25) is 0 Å². The third kappa shape index (κ3) is 2.48. The molecule has 138 valence electrons. The van der Waals surface area contributed by atoms with Gasteiger partial charge in [-0.2, -0.15) is 14.9 Å². The number of aromatic nitrogens is 8. The number of aryl methyl sites for hydroxylation is 2. The van der Waals surface area contributed by atoms with Crippen LogP contribution in [0.1, 0.15) is 11.4 Å². The van der Waals surface area contributed by atoms with Crippen molar-refractivity contribution in [2.45, 2.75) is 13.8 Å². The minimum Gasteiger partial charge on any atom is -0.497 e. The summed E-state index contributed by atoms with van der Waals surface area (Å²) in [5, 5.41) is 18.4. The van der Waals surface area contributed by atoms with Gasteiger partial charge >= 0.3 is 0 Å². The van der Waals surface area contributed by atoms with E-state index >= 15 is 0 Å². The van der Waals surface area contributed by atoms with Crippen molar-refractivity contribution in [3.63, 3.8) is 0 Å². The molecule has 9 nitrogen and oxygen atoms in total. The zero-order valence-electron chi connectivity index (χ0n) is 15.5. The van der Waals surface area contributed by atoms with Crippen LogP contribution in [0.25, 0.3) is 33.8 Å². The fraction of sp³-hybridized carbons (Fsp3) is 0.158. The van der Waals surface area contributed by atoms with Gasteiger partial charge in [0, 0.05) is 5.56 Å². The Hall–Kier alpha value is -3.88. The van der Waals surface area contributed by atoms with Crippen molar-refractivity contribution < 1.29 is 4.74 Å². The van der Waals surface area contributed by atoms with Crippen molar-refractivity contribution in [2.75, 3.05) is 7.11 Å². The van der Waals surface area contributed by atoms with E-state index in [9.17, 15) is 0 Å². The van der Waals surface area contributed by atoms with Crippen LogP contribution in [0.2, 0.25) is 0 Å². The number of fused-ring (bicyclic) bond motifs is 3. The van der Waals surface area contributed by atoms with E-state index in [4.69, 9.17) is 4.74 Å². The van der Waals surface area contributed by atoms with Crippen molar-refractivity contribution >= 4 is 16.7 Å². The highest BCUT2D eigenvalue weighted by Crippen LogP contribution is 2.25. The standard InChI is InChI=1S/C19H16N8O/c1-11-7-16(13-5-4-6-14(8-13)28-3)23-24-17(11)27-18-15(9-21-27)19-22-12(2)25-26(19)10-20-18/h4-10H,1-3H3. The van der Waals surface area contributed by atoms with Crippen LogP contribution in [-0.2, 0) is 0 Å². The molecule has 0 aliphatic heterocycles. The molecule has 0 aliphatic carbocycles. The van der Waals surface area contributed by atoms with E-state index in [2.05, 4.69) is 30.4 Å². The second kappa shape index (κ2) is 6.08. The summed E-state index contributed by atoms with van der Waals surface area (Å²) in [4.78, 5) is 8.93. The molecule has 1 aromatic carbocycles. The van der Waals surface area contributed by atoms with Gasteiger partial charge in [-0.15, -0.1) is 10.2 Å². The first-order chi connectivity index (χ1) is 13.6. The van der Waals surface area contributed by atoms with Gasteiger partial charge in [0.1, 0.15) is 17.9 Å². The minimum absolute atomic E-state index is 0.620. The van der Waals surface area contributed by atoms with Crippen LogP contribution >= 0.6 is 0 Å². The third-order valence-corrected chi connectivity index (χ3v) is 4.54. The third-order valence-electron chi connectivity index (χ3n) is 4.54. The van der Waals surface area contributed by atoms with E-state index in [0.717, 1.165) is 28.0 Å². The molecule has 9 heteroatoms. The summed E-state index contributed by atoms with van der Waals surface area (Å²) < 4.78 is 8.62. The highest BCUT2D eigenvalue weighted by atomic mass is 16.5. The van der Waals surface area contributed by atoms with E-state index in [-0.39, 0.29) is 0 Å². The predicted octanol–water partition coefficient (Wildman–Crippen LogP) is 2.55. The molecular weight excluding hydrogens is 356 g/mol. The number of nitrogens with zero attached hydrogens (tertiary/aromatic N) is 8. The Labute approximate surface area is 159 Å². The molecule has 0 radical (unpaired) electrons. The fourth-order valence-corrected chi connectivity index (χ4v) is 3.19. The molecular formula is C19H16N8O. The number of hydrogen-bond donors (Lipinski definition) is 0. The lowest BCUT2D eigenvalue weighted by molar-refractivity contribution is 0.415. The summed E-state index contributed by atoms with van der Waals surface area (Å²) in [6, 6.07) is 9.70. The average Bonchev–Trinajstić information content (AvgIpc) is 3.30. The first kappa shape index (κ1) is 16.3. The van der Waals surface area contributed by atoms with Crippen LogP contribution in [0, 0.1) is 13.8 Å². The molecule has 28 heavy (non-hydrogen) atoms. The summed E-state index contributed by atoms with van der Waals surface area (Å²) in [7, 11) is 1.64. The monoisotopic (exact) mass is 372 g/mol. The van der Waals surface area contributed by atoms with Gasteiger partial charge in [0.15, 0.2) is 17.1 Å². The second-order valence-electron chi connectivity index (χ2n) is 6.43. The van der Waals surface area contributed by atoms with E-state index in [1.165, 1.54) is 0 Å². The van der Waals surface area contributed by atoms with Crippen LogP contribution in [0.3, 0.4) is 0 Å². The number of benzene rings is 1. The highest BCUT2D eigenvalue weighted by Gasteiger charge is 2.15. The van der Waals surface area contributed by atoms with Crippen LogP contribution in [0.4, 0.5) is 0 Å². The lowest BCUT2D eigenvalue weighted by Crippen LogP contribution is -2.06. The maximum absolute atomic E-state index is 5.29. The molecule has 0 saturated heterocycles. The maximum Gasteiger partial charge on any atom is 0.181 e. The van der Waals surface area contributed by atoms with E-state index in [0.29, 0.717) is 22.9 Å². The number of rotatable bonds is 3. The Kier molecular flexibility index (Phi) is 3.54. The van der Waals surface area contributed by atoms with Crippen molar-refractivity contribution in [3.8, 4) is 22.8 Å². The van der Waals surface area contributed by atoms with Gasteiger partial charge in [-0.1, -0.05) is 12.1 Å². The quantitative estimate of drug-likeness (QED) is 0.480. The highest BCUT2D eigenvalue weighted by molar-refractivity contribution is 5.89. The van der Waals surface area contributed by atoms with Crippen molar-refractivity contribution in [2.24, 2.45) is 0 Å². The van der Waals surface area contributed by atoms with Crippen LogP contribution in [0.15, 0.2) is 42.9 Å². The fourth-order valence-electron chi connectivity index (χ4n) is 3.19. The smallest absolute Gasteiger partial charge is 0.181 e. The molecule has 0 spiro atoms. The lowest BCUT2D eigenvalue weighted by Gasteiger charge is -2.08. The maximum atomic E-state index is 5.29. The number of methoxy groups -OCH3 is 1. The van der Waals surface area contributed by atoms with E-state index < -0.39 is 0 Å². The van der Waals surface area contributed by atoms with E-state index in [1.807, 2.05) is 44.2 Å². The number of ether oxygens (including phenoxy) is 1. The number of hydrogen-bond acceptors (Lipinski definition) is 7. The van der Waals surface area contributed by atoms with Crippen molar-refractivity contribution in [3.05, 3.63) is 54.2 Å². The van der Waals surface area contributed by atoms with Gasteiger partial charge in [0.05, 0.1) is 24.4 Å². The molecule has 0 fully saturated rings. The Morgan fingerprint density at radius 3 is 2.75 bits per heavy atom. The largest absolute Gasteiger partial charge is 0.497 e.